The molecule has 2 aliphatic rings. The van der Waals surface area contributed by atoms with Crippen molar-refractivity contribution in [3.63, 3.8) is 0 Å². The van der Waals surface area contributed by atoms with Gasteiger partial charge in [0.2, 0.25) is 11.6 Å². The molecule has 28 heavy (non-hydrogen) atoms. The molecule has 1 unspecified atom stereocenters. The Morgan fingerprint density at radius 2 is 1.93 bits per heavy atom. The lowest BCUT2D eigenvalue weighted by Crippen LogP contribution is -2.57. The summed E-state index contributed by atoms with van der Waals surface area (Å²) < 4.78 is 45.0. The number of pyridine rings is 1. The number of hydrogen-bond acceptors (Lipinski definition) is 4. The molecule has 7 nitrogen and oxygen atoms in total. The van der Waals surface area contributed by atoms with Crippen LogP contribution >= 0.6 is 0 Å². The van der Waals surface area contributed by atoms with Crippen molar-refractivity contribution in [2.24, 2.45) is 0 Å². The van der Waals surface area contributed by atoms with Crippen LogP contribution in [0.5, 0.6) is 0 Å². The van der Waals surface area contributed by atoms with Crippen LogP contribution < -0.4 is 5.56 Å². The molecule has 2 fully saturated rings. The number of aromatic nitrogens is 1. The predicted octanol–water partition coefficient (Wildman–Crippen LogP) is 2.71. The lowest BCUT2D eigenvalue weighted by atomic mass is 10.1. The van der Waals surface area contributed by atoms with Crippen molar-refractivity contribution in [1.29, 1.82) is 0 Å². The van der Waals surface area contributed by atoms with Gasteiger partial charge in [-0.25, -0.2) is 0 Å². The van der Waals surface area contributed by atoms with Gasteiger partial charge in [0.05, 0.1) is 10.9 Å². The van der Waals surface area contributed by atoms with E-state index in [-0.39, 0.29) is 30.0 Å². The van der Waals surface area contributed by atoms with Gasteiger partial charge in [-0.1, -0.05) is 6.42 Å². The smallest absolute Gasteiger partial charge is 0.417 e. The van der Waals surface area contributed by atoms with Crippen LogP contribution in [0, 0.1) is 0 Å². The van der Waals surface area contributed by atoms with Crippen LogP contribution in [0.15, 0.2) is 21.3 Å². The zero-order valence-electron chi connectivity index (χ0n) is 14.8. The molecule has 0 spiro atoms. The van der Waals surface area contributed by atoms with Gasteiger partial charge in [-0.2, -0.15) is 13.2 Å². The Labute approximate surface area is 157 Å². The van der Waals surface area contributed by atoms with E-state index < -0.39 is 35.1 Å². The number of hydrogen-bond donors (Lipinski definition) is 1. The molecule has 1 atom stereocenters. The molecule has 0 aliphatic carbocycles. The van der Waals surface area contributed by atoms with Crippen molar-refractivity contribution in [1.82, 2.24) is 14.8 Å². The van der Waals surface area contributed by atoms with Gasteiger partial charge in [-0.15, -0.1) is 0 Å². The quantitative estimate of drug-likeness (QED) is 0.802. The molecular formula is C18H18F3N3O4. The Hall–Kier alpha value is -2.78. The summed E-state index contributed by atoms with van der Waals surface area (Å²) in [5, 5.41) is -0.374. The maximum atomic E-state index is 13.2. The average Bonchev–Trinajstić information content (AvgIpc) is 2.88. The lowest BCUT2D eigenvalue weighted by molar-refractivity contribution is -0.142. The monoisotopic (exact) mass is 397 g/mol. The van der Waals surface area contributed by atoms with Gasteiger partial charge >= 0.3 is 6.18 Å². The number of halogens is 3. The number of furan rings is 1. The molecule has 2 aromatic heterocycles. The van der Waals surface area contributed by atoms with Gasteiger partial charge in [0.15, 0.2) is 5.76 Å². The largest absolute Gasteiger partial charge is 0.434 e. The molecule has 0 radical (unpaired) electrons. The summed E-state index contributed by atoms with van der Waals surface area (Å²) in [5.41, 5.74) is -2.51. The molecule has 1 N–H and O–H groups in total. The van der Waals surface area contributed by atoms with Gasteiger partial charge in [0.25, 0.3) is 11.5 Å². The third-order valence-electron chi connectivity index (χ3n) is 5.28. The molecule has 4 heterocycles. The first-order valence-corrected chi connectivity index (χ1v) is 9.10. The number of carbonyl (C=O) groups excluding carboxylic acids is 2. The van der Waals surface area contributed by atoms with E-state index >= 15 is 0 Å². The lowest BCUT2D eigenvalue weighted by Gasteiger charge is -2.42. The molecule has 2 saturated heterocycles. The molecule has 150 valence electrons. The van der Waals surface area contributed by atoms with Gasteiger partial charge in [-0.05, 0) is 25.3 Å². The SMILES string of the molecule is O=C1CCN(C(=O)c2cc3c(C(F)(F)F)cc(=O)[nH]c3o2)C2CCCCCN12. The van der Waals surface area contributed by atoms with Crippen molar-refractivity contribution in [3.8, 4) is 0 Å². The molecule has 0 saturated carbocycles. The molecule has 10 heteroatoms. The van der Waals surface area contributed by atoms with Crippen LogP contribution in [0.25, 0.3) is 11.1 Å². The Morgan fingerprint density at radius 1 is 1.14 bits per heavy atom. The van der Waals surface area contributed by atoms with E-state index in [1.165, 1.54) is 4.90 Å². The van der Waals surface area contributed by atoms with E-state index in [1.807, 2.05) is 0 Å². The minimum Gasteiger partial charge on any atom is -0.434 e. The number of nitrogens with zero attached hydrogens (tertiary/aromatic N) is 2. The van der Waals surface area contributed by atoms with E-state index in [4.69, 9.17) is 4.42 Å². The maximum Gasteiger partial charge on any atom is 0.417 e. The highest BCUT2D eigenvalue weighted by molar-refractivity contribution is 5.97. The minimum absolute atomic E-state index is 0.0238. The van der Waals surface area contributed by atoms with Crippen molar-refractivity contribution >= 4 is 22.9 Å². The van der Waals surface area contributed by atoms with Gasteiger partial charge in [0.1, 0.15) is 6.17 Å². The van der Waals surface area contributed by atoms with Crippen molar-refractivity contribution in [2.75, 3.05) is 13.1 Å². The number of alkyl halides is 3. The standard InChI is InChI=1S/C18H18F3N3O4/c19-18(20,21)11-9-13(25)22-16-10(11)8-12(28-16)17(27)24-7-5-15(26)23-6-3-1-2-4-14(23)24/h8-9,14H,1-7H2,(H,22,25). The summed E-state index contributed by atoms with van der Waals surface area (Å²) in [6.45, 7) is 0.734. The minimum atomic E-state index is -4.76. The Balaban J connectivity index is 1.72. The Bertz CT molecular complexity index is 994. The summed E-state index contributed by atoms with van der Waals surface area (Å²) in [6, 6.07) is 1.45. The molecule has 4 rings (SSSR count). The fraction of sp³-hybridized carbons (Fsp3) is 0.500. The summed E-state index contributed by atoms with van der Waals surface area (Å²) in [7, 11) is 0. The van der Waals surface area contributed by atoms with Crippen molar-refractivity contribution < 1.29 is 27.2 Å². The highest BCUT2D eigenvalue weighted by atomic mass is 19.4. The summed E-state index contributed by atoms with van der Waals surface area (Å²) >= 11 is 0. The third kappa shape index (κ3) is 3.16. The number of nitrogens with one attached hydrogen (secondary N) is 1. The fourth-order valence-corrected chi connectivity index (χ4v) is 3.97. The molecule has 2 amide bonds. The van der Waals surface area contributed by atoms with Crippen LogP contribution in [0.4, 0.5) is 13.2 Å². The maximum absolute atomic E-state index is 13.2. The zero-order chi connectivity index (χ0) is 20.1. The first-order chi connectivity index (χ1) is 13.3. The van der Waals surface area contributed by atoms with Crippen LogP contribution in [0.2, 0.25) is 0 Å². The van der Waals surface area contributed by atoms with Crippen LogP contribution in [0.3, 0.4) is 0 Å². The van der Waals surface area contributed by atoms with Crippen LogP contribution in [0.1, 0.15) is 48.2 Å². The summed E-state index contributed by atoms with van der Waals surface area (Å²) in [5.74, 6) is -0.903. The number of H-pyrrole nitrogens is 1. The first kappa shape index (κ1) is 18.6. The second-order valence-electron chi connectivity index (χ2n) is 7.06. The highest BCUT2D eigenvalue weighted by Crippen LogP contribution is 2.35. The molecule has 0 bridgehead atoms. The number of carbonyl (C=O) groups is 2. The highest BCUT2D eigenvalue weighted by Gasteiger charge is 2.39. The number of fused-ring (bicyclic) bond motifs is 2. The van der Waals surface area contributed by atoms with Crippen LogP contribution in [-0.4, -0.2) is 45.9 Å². The average molecular weight is 397 g/mol. The van der Waals surface area contributed by atoms with E-state index in [0.29, 0.717) is 19.0 Å². The number of rotatable bonds is 1. The fourth-order valence-electron chi connectivity index (χ4n) is 3.97. The Morgan fingerprint density at radius 3 is 2.68 bits per heavy atom. The van der Waals surface area contributed by atoms with E-state index in [2.05, 4.69) is 4.98 Å². The summed E-state index contributed by atoms with van der Waals surface area (Å²) in [6.07, 6.45) is -1.76. The van der Waals surface area contributed by atoms with E-state index in [1.54, 1.807) is 4.90 Å². The third-order valence-corrected chi connectivity index (χ3v) is 5.28. The number of aromatic amines is 1. The van der Waals surface area contributed by atoms with Crippen molar-refractivity contribution in [3.05, 3.63) is 33.8 Å². The normalized spacial score (nSPS) is 21.0. The van der Waals surface area contributed by atoms with Gasteiger partial charge in [0, 0.05) is 25.6 Å². The van der Waals surface area contributed by atoms with E-state index in [0.717, 1.165) is 25.3 Å². The second kappa shape index (κ2) is 6.68. The van der Waals surface area contributed by atoms with E-state index in [9.17, 15) is 27.6 Å². The molecule has 2 aromatic rings. The first-order valence-electron chi connectivity index (χ1n) is 9.10. The second-order valence-corrected chi connectivity index (χ2v) is 7.06. The predicted molar refractivity (Wildman–Crippen MR) is 91.5 cm³/mol. The number of amides is 2. The molecular weight excluding hydrogens is 379 g/mol. The summed E-state index contributed by atoms with van der Waals surface area (Å²) in [4.78, 5) is 42.1. The topological polar surface area (TPSA) is 86.6 Å². The van der Waals surface area contributed by atoms with Crippen LogP contribution in [-0.2, 0) is 11.0 Å². The molecule has 0 aromatic carbocycles. The van der Waals surface area contributed by atoms with Crippen molar-refractivity contribution in [2.45, 2.75) is 44.4 Å². The van der Waals surface area contributed by atoms with Gasteiger partial charge < -0.3 is 14.2 Å². The Kier molecular flexibility index (Phi) is 4.43. The van der Waals surface area contributed by atoms with Gasteiger partial charge in [-0.3, -0.25) is 19.4 Å². The zero-order valence-corrected chi connectivity index (χ0v) is 14.8. The molecule has 2 aliphatic heterocycles.